The number of hydrogen-bond acceptors (Lipinski definition) is 5. The third kappa shape index (κ3) is 5.10. The van der Waals surface area contributed by atoms with E-state index in [0.29, 0.717) is 17.6 Å². The highest BCUT2D eigenvalue weighted by Crippen LogP contribution is 2.24. The van der Waals surface area contributed by atoms with Crippen LogP contribution < -0.4 is 10.1 Å². The SMILES string of the molecule is CCOc1ccc(NC(=O)[C@@H](C)Sc2n[nH]c(-c3ccc(C)cc3)n2)cc1. The van der Waals surface area contributed by atoms with Gasteiger partial charge in [-0.15, -0.1) is 5.10 Å². The second-order valence-electron chi connectivity index (χ2n) is 6.04. The number of H-pyrrole nitrogens is 1. The Morgan fingerprint density at radius 2 is 1.89 bits per heavy atom. The monoisotopic (exact) mass is 382 g/mol. The van der Waals surface area contributed by atoms with Gasteiger partial charge in [0.1, 0.15) is 5.75 Å². The molecule has 0 radical (unpaired) electrons. The van der Waals surface area contributed by atoms with Gasteiger partial charge in [0.15, 0.2) is 5.82 Å². The molecular weight excluding hydrogens is 360 g/mol. The van der Waals surface area contributed by atoms with Crippen molar-refractivity contribution in [1.82, 2.24) is 15.2 Å². The van der Waals surface area contributed by atoms with E-state index in [0.717, 1.165) is 17.0 Å². The van der Waals surface area contributed by atoms with E-state index in [9.17, 15) is 4.79 Å². The van der Waals surface area contributed by atoms with Crippen LogP contribution in [0.25, 0.3) is 11.4 Å². The molecule has 0 aliphatic heterocycles. The van der Waals surface area contributed by atoms with Crippen molar-refractivity contribution in [1.29, 1.82) is 0 Å². The highest BCUT2D eigenvalue weighted by atomic mass is 32.2. The summed E-state index contributed by atoms with van der Waals surface area (Å²) >= 11 is 1.31. The number of hydrogen-bond donors (Lipinski definition) is 2. The lowest BCUT2D eigenvalue weighted by Crippen LogP contribution is -2.22. The first kappa shape index (κ1) is 19.0. The number of thioether (sulfide) groups is 1. The number of carbonyl (C=O) groups excluding carboxylic acids is 1. The quantitative estimate of drug-likeness (QED) is 0.596. The van der Waals surface area contributed by atoms with Crippen molar-refractivity contribution in [2.75, 3.05) is 11.9 Å². The average molecular weight is 382 g/mol. The normalized spacial score (nSPS) is 11.8. The first-order chi connectivity index (χ1) is 13.0. The predicted molar refractivity (Wildman–Crippen MR) is 108 cm³/mol. The number of rotatable bonds is 7. The van der Waals surface area contributed by atoms with Gasteiger partial charge in [0.25, 0.3) is 0 Å². The molecule has 0 spiro atoms. The van der Waals surface area contributed by atoms with Crippen LogP contribution >= 0.6 is 11.8 Å². The Bertz CT molecular complexity index is 891. The Hall–Kier alpha value is -2.80. The number of nitrogens with one attached hydrogen (secondary N) is 2. The van der Waals surface area contributed by atoms with Gasteiger partial charge in [-0.1, -0.05) is 41.6 Å². The van der Waals surface area contributed by atoms with Crippen LogP contribution in [0.1, 0.15) is 19.4 Å². The second kappa shape index (κ2) is 8.73. The van der Waals surface area contributed by atoms with Crippen molar-refractivity contribution in [2.24, 2.45) is 0 Å². The van der Waals surface area contributed by atoms with Crippen molar-refractivity contribution in [3.05, 3.63) is 54.1 Å². The molecule has 6 nitrogen and oxygen atoms in total. The third-order valence-electron chi connectivity index (χ3n) is 3.87. The first-order valence-electron chi connectivity index (χ1n) is 8.75. The maximum Gasteiger partial charge on any atom is 0.237 e. The Balaban J connectivity index is 1.58. The van der Waals surface area contributed by atoms with Crippen LogP contribution in [0, 0.1) is 6.92 Å². The zero-order chi connectivity index (χ0) is 19.2. The smallest absolute Gasteiger partial charge is 0.237 e. The number of aromatic amines is 1. The number of ether oxygens (including phenoxy) is 1. The maximum absolute atomic E-state index is 12.4. The lowest BCUT2D eigenvalue weighted by atomic mass is 10.1. The molecule has 0 aliphatic rings. The molecule has 27 heavy (non-hydrogen) atoms. The van der Waals surface area contributed by atoms with E-state index < -0.39 is 0 Å². The third-order valence-corrected chi connectivity index (χ3v) is 4.84. The summed E-state index contributed by atoms with van der Waals surface area (Å²) in [6, 6.07) is 15.3. The fourth-order valence-corrected chi connectivity index (χ4v) is 3.12. The summed E-state index contributed by atoms with van der Waals surface area (Å²) in [5.74, 6) is 1.37. The summed E-state index contributed by atoms with van der Waals surface area (Å²) in [6.07, 6.45) is 0. The standard InChI is InChI=1S/C20H22N4O2S/c1-4-26-17-11-9-16(10-12-17)21-19(25)14(3)27-20-22-18(23-24-20)15-7-5-13(2)6-8-15/h5-12,14H,4H2,1-3H3,(H,21,25)(H,22,23,24)/t14-/m1/s1. The molecule has 1 heterocycles. The van der Waals surface area contributed by atoms with E-state index in [1.807, 2.05) is 69.3 Å². The van der Waals surface area contributed by atoms with Crippen LogP contribution in [0.4, 0.5) is 5.69 Å². The Labute approximate surface area is 162 Å². The summed E-state index contributed by atoms with van der Waals surface area (Å²) in [4.78, 5) is 16.9. The molecule has 1 amide bonds. The lowest BCUT2D eigenvalue weighted by molar-refractivity contribution is -0.115. The van der Waals surface area contributed by atoms with Gasteiger partial charge in [-0.25, -0.2) is 4.98 Å². The number of nitrogens with zero attached hydrogens (tertiary/aromatic N) is 2. The Morgan fingerprint density at radius 1 is 1.19 bits per heavy atom. The number of aromatic nitrogens is 3. The lowest BCUT2D eigenvalue weighted by Gasteiger charge is -2.10. The minimum atomic E-state index is -0.335. The summed E-state index contributed by atoms with van der Waals surface area (Å²) in [5, 5.41) is 10.2. The predicted octanol–water partition coefficient (Wildman–Crippen LogP) is 4.30. The van der Waals surface area contributed by atoms with E-state index in [2.05, 4.69) is 20.5 Å². The summed E-state index contributed by atoms with van der Waals surface area (Å²) < 4.78 is 5.40. The second-order valence-corrected chi connectivity index (χ2v) is 7.35. The van der Waals surface area contributed by atoms with Gasteiger partial charge in [0.2, 0.25) is 11.1 Å². The topological polar surface area (TPSA) is 79.9 Å². The van der Waals surface area contributed by atoms with Crippen LogP contribution in [0.3, 0.4) is 0 Å². The molecule has 3 aromatic rings. The summed E-state index contributed by atoms with van der Waals surface area (Å²) in [6.45, 7) is 6.41. The maximum atomic E-state index is 12.4. The Morgan fingerprint density at radius 3 is 2.56 bits per heavy atom. The van der Waals surface area contributed by atoms with Crippen molar-refractivity contribution in [2.45, 2.75) is 31.2 Å². The van der Waals surface area contributed by atoms with Crippen molar-refractivity contribution < 1.29 is 9.53 Å². The van der Waals surface area contributed by atoms with Gasteiger partial charge in [-0.3, -0.25) is 9.89 Å². The molecule has 7 heteroatoms. The fourth-order valence-electron chi connectivity index (χ4n) is 2.40. The summed E-state index contributed by atoms with van der Waals surface area (Å²) in [5.41, 5.74) is 2.88. The molecule has 0 unspecified atom stereocenters. The molecule has 0 saturated heterocycles. The molecule has 0 aliphatic carbocycles. The van der Waals surface area contributed by atoms with Crippen LogP contribution in [-0.4, -0.2) is 32.9 Å². The minimum Gasteiger partial charge on any atom is -0.494 e. The largest absolute Gasteiger partial charge is 0.494 e. The number of benzene rings is 2. The van der Waals surface area contributed by atoms with E-state index in [1.165, 1.54) is 17.3 Å². The number of carbonyl (C=O) groups is 1. The molecular formula is C20H22N4O2S. The van der Waals surface area contributed by atoms with E-state index in [1.54, 1.807) is 0 Å². The molecule has 0 bridgehead atoms. The first-order valence-corrected chi connectivity index (χ1v) is 9.63. The zero-order valence-corrected chi connectivity index (χ0v) is 16.3. The van der Waals surface area contributed by atoms with Gasteiger partial charge >= 0.3 is 0 Å². The van der Waals surface area contributed by atoms with E-state index in [-0.39, 0.29) is 11.2 Å². The highest BCUT2D eigenvalue weighted by Gasteiger charge is 2.17. The molecule has 0 fully saturated rings. The van der Waals surface area contributed by atoms with Crippen molar-refractivity contribution in [3.8, 4) is 17.1 Å². The van der Waals surface area contributed by atoms with Crippen LogP contribution in [0.15, 0.2) is 53.7 Å². The van der Waals surface area contributed by atoms with Gasteiger partial charge in [0.05, 0.1) is 11.9 Å². The van der Waals surface area contributed by atoms with Gasteiger partial charge in [-0.05, 0) is 45.0 Å². The Kier molecular flexibility index (Phi) is 6.13. The summed E-state index contributed by atoms with van der Waals surface area (Å²) in [7, 11) is 0. The molecule has 1 aromatic heterocycles. The van der Waals surface area contributed by atoms with Crippen molar-refractivity contribution >= 4 is 23.4 Å². The van der Waals surface area contributed by atoms with Crippen LogP contribution in [0.5, 0.6) is 5.75 Å². The molecule has 140 valence electrons. The molecule has 2 N–H and O–H groups in total. The zero-order valence-electron chi connectivity index (χ0n) is 15.5. The average Bonchev–Trinajstić information content (AvgIpc) is 3.12. The minimum absolute atomic E-state index is 0.106. The number of anilines is 1. The van der Waals surface area contributed by atoms with E-state index >= 15 is 0 Å². The van der Waals surface area contributed by atoms with Crippen LogP contribution in [-0.2, 0) is 4.79 Å². The molecule has 1 atom stereocenters. The molecule has 2 aromatic carbocycles. The van der Waals surface area contributed by atoms with E-state index in [4.69, 9.17) is 4.74 Å². The fraction of sp³-hybridized carbons (Fsp3) is 0.250. The van der Waals surface area contributed by atoms with Crippen molar-refractivity contribution in [3.63, 3.8) is 0 Å². The van der Waals surface area contributed by atoms with Crippen LogP contribution in [0.2, 0.25) is 0 Å². The van der Waals surface area contributed by atoms with Gasteiger partial charge in [0, 0.05) is 11.3 Å². The number of amides is 1. The van der Waals surface area contributed by atoms with Gasteiger partial charge in [-0.2, -0.15) is 0 Å². The molecule has 3 rings (SSSR count). The highest BCUT2D eigenvalue weighted by molar-refractivity contribution is 8.00. The number of aryl methyl sites for hydroxylation is 1. The molecule has 0 saturated carbocycles. The van der Waals surface area contributed by atoms with Gasteiger partial charge < -0.3 is 10.1 Å².